The molecule has 1 saturated carbocycles. The number of hydrogen-bond donors (Lipinski definition) is 3. The van der Waals surface area contributed by atoms with E-state index in [0.29, 0.717) is 5.92 Å². The fourth-order valence-corrected chi connectivity index (χ4v) is 4.95. The van der Waals surface area contributed by atoms with E-state index >= 15 is 0 Å². The standard InChI is InChI=1S/C28H38N2O4/c1-4-20(17-27(31)32)21-9-14-25(30-15-5-6-26(30)28(2,3)33)24(16-21)29-22-10-12-23(13-11-22)34-18-19-7-8-19/h9-14,16,19-20,26,29,33H,4-8,15,17-18H2,1-3H3,(H,31,32). The number of ether oxygens (including phenoxy) is 1. The molecule has 4 rings (SSSR count). The summed E-state index contributed by atoms with van der Waals surface area (Å²) in [5.41, 5.74) is 3.11. The van der Waals surface area contributed by atoms with Crippen molar-refractivity contribution in [3.8, 4) is 5.75 Å². The van der Waals surface area contributed by atoms with E-state index in [1.54, 1.807) is 0 Å². The van der Waals surface area contributed by atoms with Crippen molar-refractivity contribution in [2.24, 2.45) is 5.92 Å². The third-order valence-corrected chi connectivity index (χ3v) is 7.10. The van der Waals surface area contributed by atoms with Crippen LogP contribution in [0.25, 0.3) is 0 Å². The average molecular weight is 467 g/mol. The van der Waals surface area contributed by atoms with Gasteiger partial charge in [0.15, 0.2) is 0 Å². The number of nitrogens with one attached hydrogen (secondary N) is 1. The SMILES string of the molecule is CCC(CC(=O)O)c1ccc(N2CCCC2C(C)(C)O)c(Nc2ccc(OCC3CC3)cc2)c1. The van der Waals surface area contributed by atoms with Crippen molar-refractivity contribution in [3.05, 3.63) is 48.0 Å². The van der Waals surface area contributed by atoms with Crippen molar-refractivity contribution in [2.75, 3.05) is 23.4 Å². The van der Waals surface area contributed by atoms with Crippen LogP contribution in [-0.4, -0.2) is 41.0 Å². The van der Waals surface area contributed by atoms with Crippen LogP contribution < -0.4 is 15.0 Å². The van der Waals surface area contributed by atoms with Gasteiger partial charge in [-0.05, 0) is 99.7 Å². The van der Waals surface area contributed by atoms with Gasteiger partial charge in [-0.15, -0.1) is 0 Å². The number of anilines is 3. The zero-order chi connectivity index (χ0) is 24.3. The molecule has 2 fully saturated rings. The number of carboxylic acid groups (broad SMARTS) is 1. The molecule has 34 heavy (non-hydrogen) atoms. The Kier molecular flexibility index (Phi) is 7.36. The van der Waals surface area contributed by atoms with Crippen molar-refractivity contribution in [3.63, 3.8) is 0 Å². The first-order chi connectivity index (χ1) is 16.2. The van der Waals surface area contributed by atoms with E-state index in [2.05, 4.69) is 22.3 Å². The van der Waals surface area contributed by atoms with Crippen LogP contribution in [0.2, 0.25) is 0 Å². The second-order valence-corrected chi connectivity index (χ2v) is 10.4. The van der Waals surface area contributed by atoms with Gasteiger partial charge in [-0.25, -0.2) is 0 Å². The third kappa shape index (κ3) is 6.03. The second kappa shape index (κ2) is 10.3. The summed E-state index contributed by atoms with van der Waals surface area (Å²) in [5, 5.41) is 23.7. The molecule has 1 aliphatic carbocycles. The largest absolute Gasteiger partial charge is 0.493 e. The van der Waals surface area contributed by atoms with Gasteiger partial charge >= 0.3 is 5.97 Å². The number of aliphatic carboxylic acids is 1. The smallest absolute Gasteiger partial charge is 0.303 e. The summed E-state index contributed by atoms with van der Waals surface area (Å²) < 4.78 is 5.87. The Hall–Kier alpha value is -2.73. The summed E-state index contributed by atoms with van der Waals surface area (Å²) in [6.07, 6.45) is 5.36. The molecule has 1 saturated heterocycles. The van der Waals surface area contributed by atoms with Crippen LogP contribution in [0.1, 0.15) is 70.8 Å². The van der Waals surface area contributed by atoms with Crippen LogP contribution in [-0.2, 0) is 4.79 Å². The van der Waals surface area contributed by atoms with Crippen molar-refractivity contribution in [1.29, 1.82) is 0 Å². The first kappa shape index (κ1) is 24.4. The van der Waals surface area contributed by atoms with Crippen LogP contribution >= 0.6 is 0 Å². The number of carboxylic acids is 1. The number of nitrogens with zero attached hydrogens (tertiary/aromatic N) is 1. The highest BCUT2D eigenvalue weighted by Crippen LogP contribution is 2.40. The lowest BCUT2D eigenvalue weighted by molar-refractivity contribution is -0.137. The normalized spacial score (nSPS) is 19.2. The van der Waals surface area contributed by atoms with Gasteiger partial charge in [0.1, 0.15) is 5.75 Å². The molecule has 0 spiro atoms. The zero-order valence-electron chi connectivity index (χ0n) is 20.6. The van der Waals surface area contributed by atoms with Gasteiger partial charge in [0, 0.05) is 12.2 Å². The summed E-state index contributed by atoms with van der Waals surface area (Å²) in [6, 6.07) is 14.3. The maximum atomic E-state index is 11.4. The fraction of sp³-hybridized carbons (Fsp3) is 0.536. The summed E-state index contributed by atoms with van der Waals surface area (Å²) in [6.45, 7) is 7.44. The molecule has 0 amide bonds. The molecule has 0 bridgehead atoms. The minimum absolute atomic E-state index is 0.0260. The van der Waals surface area contributed by atoms with Crippen molar-refractivity contribution in [2.45, 2.75) is 76.9 Å². The van der Waals surface area contributed by atoms with Crippen LogP contribution in [0.5, 0.6) is 5.75 Å². The molecule has 1 aliphatic heterocycles. The van der Waals surface area contributed by atoms with Gasteiger partial charge in [-0.3, -0.25) is 4.79 Å². The Balaban J connectivity index is 1.62. The first-order valence-corrected chi connectivity index (χ1v) is 12.6. The second-order valence-electron chi connectivity index (χ2n) is 10.4. The Morgan fingerprint density at radius 3 is 2.53 bits per heavy atom. The van der Waals surface area contributed by atoms with Gasteiger partial charge < -0.3 is 25.2 Å². The molecule has 6 heteroatoms. The van der Waals surface area contributed by atoms with E-state index < -0.39 is 11.6 Å². The minimum atomic E-state index is -0.817. The quantitative estimate of drug-likeness (QED) is 0.381. The van der Waals surface area contributed by atoms with Crippen LogP contribution in [0.4, 0.5) is 17.1 Å². The Morgan fingerprint density at radius 2 is 1.91 bits per heavy atom. The highest BCUT2D eigenvalue weighted by molar-refractivity contribution is 5.77. The molecule has 0 radical (unpaired) electrons. The molecular formula is C28H38N2O4. The van der Waals surface area contributed by atoms with Crippen molar-refractivity contribution in [1.82, 2.24) is 0 Å². The van der Waals surface area contributed by atoms with Gasteiger partial charge in [0.05, 0.1) is 36.0 Å². The lowest BCUT2D eigenvalue weighted by atomic mass is 9.91. The highest BCUT2D eigenvalue weighted by Gasteiger charge is 2.37. The Labute approximate surface area is 202 Å². The number of benzene rings is 2. The van der Waals surface area contributed by atoms with Gasteiger partial charge in [0.25, 0.3) is 0 Å². The molecule has 2 aromatic carbocycles. The number of hydrogen-bond acceptors (Lipinski definition) is 5. The lowest BCUT2D eigenvalue weighted by Crippen LogP contribution is -2.46. The van der Waals surface area contributed by atoms with E-state index in [0.717, 1.165) is 60.8 Å². The third-order valence-electron chi connectivity index (χ3n) is 7.10. The van der Waals surface area contributed by atoms with Gasteiger partial charge in [-0.1, -0.05) is 13.0 Å². The summed E-state index contributed by atoms with van der Waals surface area (Å²) >= 11 is 0. The van der Waals surface area contributed by atoms with E-state index in [1.165, 1.54) is 12.8 Å². The molecule has 1 heterocycles. The van der Waals surface area contributed by atoms with Crippen LogP contribution in [0.3, 0.4) is 0 Å². The van der Waals surface area contributed by atoms with Crippen LogP contribution in [0.15, 0.2) is 42.5 Å². The molecule has 2 unspecified atom stereocenters. The Bertz CT molecular complexity index is 979. The molecular weight excluding hydrogens is 428 g/mol. The maximum absolute atomic E-state index is 11.4. The maximum Gasteiger partial charge on any atom is 0.303 e. The van der Waals surface area contributed by atoms with Crippen molar-refractivity contribution >= 4 is 23.0 Å². The minimum Gasteiger partial charge on any atom is -0.493 e. The van der Waals surface area contributed by atoms with E-state index in [9.17, 15) is 15.0 Å². The first-order valence-electron chi connectivity index (χ1n) is 12.6. The fourth-order valence-electron chi connectivity index (χ4n) is 4.95. The summed E-state index contributed by atoms with van der Waals surface area (Å²) in [7, 11) is 0. The van der Waals surface area contributed by atoms with E-state index in [-0.39, 0.29) is 18.4 Å². The highest BCUT2D eigenvalue weighted by atomic mass is 16.5. The lowest BCUT2D eigenvalue weighted by Gasteiger charge is -2.36. The number of rotatable bonds is 11. The molecule has 184 valence electrons. The predicted octanol–water partition coefficient (Wildman–Crippen LogP) is 5.93. The van der Waals surface area contributed by atoms with E-state index in [1.807, 2.05) is 51.1 Å². The molecule has 6 nitrogen and oxygen atoms in total. The summed E-state index contributed by atoms with van der Waals surface area (Å²) in [5.74, 6) is 0.757. The molecule has 3 N–H and O–H groups in total. The molecule has 2 atom stereocenters. The summed E-state index contributed by atoms with van der Waals surface area (Å²) in [4.78, 5) is 13.7. The van der Waals surface area contributed by atoms with Crippen molar-refractivity contribution < 1.29 is 19.7 Å². The zero-order valence-corrected chi connectivity index (χ0v) is 20.6. The number of carbonyl (C=O) groups is 1. The Morgan fingerprint density at radius 1 is 1.18 bits per heavy atom. The molecule has 2 aromatic rings. The van der Waals surface area contributed by atoms with Gasteiger partial charge in [0.2, 0.25) is 0 Å². The predicted molar refractivity (Wildman–Crippen MR) is 136 cm³/mol. The van der Waals surface area contributed by atoms with Crippen LogP contribution in [0, 0.1) is 5.92 Å². The monoisotopic (exact) mass is 466 g/mol. The topological polar surface area (TPSA) is 82.0 Å². The molecule has 2 aliphatic rings. The van der Waals surface area contributed by atoms with Gasteiger partial charge in [-0.2, -0.15) is 0 Å². The average Bonchev–Trinajstić information content (AvgIpc) is 3.49. The van der Waals surface area contributed by atoms with E-state index in [4.69, 9.17) is 4.74 Å². The number of aliphatic hydroxyl groups is 1. The molecule has 0 aromatic heterocycles.